The topological polar surface area (TPSA) is 84.7 Å². The maximum absolute atomic E-state index is 11.8. The van der Waals surface area contributed by atoms with Crippen LogP contribution in [0.2, 0.25) is 0 Å². The Kier molecular flexibility index (Phi) is 4.45. The Hall–Kier alpha value is -2.24. The lowest BCUT2D eigenvalue weighted by atomic mass is 10.3. The molecule has 20 heavy (non-hydrogen) atoms. The predicted molar refractivity (Wildman–Crippen MR) is 75.2 cm³/mol. The molecule has 1 aliphatic carbocycles. The Morgan fingerprint density at radius 3 is 2.75 bits per heavy atom. The van der Waals surface area contributed by atoms with Crippen LogP contribution in [0.3, 0.4) is 0 Å². The number of anilines is 1. The number of benzene rings is 1. The summed E-state index contributed by atoms with van der Waals surface area (Å²) in [6.07, 6.45) is 2.06. The van der Waals surface area contributed by atoms with Crippen molar-refractivity contribution in [1.29, 1.82) is 0 Å². The SMILES string of the molecule is CN(CC(=O)NC1CC1)C(=O)COc1ccccc1N. The second kappa shape index (κ2) is 6.27. The lowest BCUT2D eigenvalue weighted by Gasteiger charge is -2.17. The molecular weight excluding hydrogens is 258 g/mol. The summed E-state index contributed by atoms with van der Waals surface area (Å²) in [6, 6.07) is 7.27. The second-order valence-corrected chi connectivity index (χ2v) is 4.92. The van der Waals surface area contributed by atoms with E-state index in [0.29, 0.717) is 17.5 Å². The van der Waals surface area contributed by atoms with Gasteiger partial charge in [0.05, 0.1) is 12.2 Å². The first-order chi connectivity index (χ1) is 9.56. The predicted octanol–water partition coefficient (Wildman–Crippen LogP) is 0.385. The quantitative estimate of drug-likeness (QED) is 0.736. The molecule has 0 bridgehead atoms. The van der Waals surface area contributed by atoms with E-state index in [1.54, 1.807) is 31.3 Å². The third kappa shape index (κ3) is 4.15. The highest BCUT2D eigenvalue weighted by Crippen LogP contribution is 2.19. The Balaban J connectivity index is 1.75. The van der Waals surface area contributed by atoms with Crippen molar-refractivity contribution < 1.29 is 14.3 Å². The number of ether oxygens (including phenoxy) is 1. The van der Waals surface area contributed by atoms with Crippen molar-refractivity contribution >= 4 is 17.5 Å². The van der Waals surface area contributed by atoms with Gasteiger partial charge in [0.25, 0.3) is 5.91 Å². The Labute approximate surface area is 117 Å². The minimum absolute atomic E-state index is 0.0446. The third-order valence-electron chi connectivity index (χ3n) is 3.02. The largest absolute Gasteiger partial charge is 0.482 e. The summed E-state index contributed by atoms with van der Waals surface area (Å²) < 4.78 is 5.35. The molecule has 0 atom stereocenters. The summed E-state index contributed by atoms with van der Waals surface area (Å²) in [6.45, 7) is -0.0929. The summed E-state index contributed by atoms with van der Waals surface area (Å²) >= 11 is 0. The van der Waals surface area contributed by atoms with Crippen LogP contribution >= 0.6 is 0 Å². The van der Waals surface area contributed by atoms with Gasteiger partial charge in [-0.2, -0.15) is 0 Å². The van der Waals surface area contributed by atoms with Crippen LogP contribution in [0.5, 0.6) is 5.75 Å². The highest BCUT2D eigenvalue weighted by atomic mass is 16.5. The molecule has 108 valence electrons. The molecule has 0 aliphatic heterocycles. The smallest absolute Gasteiger partial charge is 0.260 e. The van der Waals surface area contributed by atoms with Crippen molar-refractivity contribution in [2.24, 2.45) is 0 Å². The number of carbonyl (C=O) groups excluding carboxylic acids is 2. The van der Waals surface area contributed by atoms with E-state index in [0.717, 1.165) is 12.8 Å². The molecule has 2 amide bonds. The molecule has 1 saturated carbocycles. The molecule has 6 nitrogen and oxygen atoms in total. The second-order valence-electron chi connectivity index (χ2n) is 4.92. The molecular formula is C14H19N3O3. The summed E-state index contributed by atoms with van der Waals surface area (Å²) in [5.41, 5.74) is 6.19. The molecule has 1 aliphatic rings. The molecule has 0 aromatic heterocycles. The lowest BCUT2D eigenvalue weighted by Crippen LogP contribution is -2.40. The number of carbonyl (C=O) groups is 2. The van der Waals surface area contributed by atoms with Gasteiger partial charge >= 0.3 is 0 Å². The summed E-state index contributed by atoms with van der Waals surface area (Å²) in [5, 5.41) is 2.83. The molecule has 0 unspecified atom stereocenters. The molecule has 3 N–H and O–H groups in total. The number of nitrogen functional groups attached to an aromatic ring is 1. The number of likely N-dealkylation sites (N-methyl/N-ethyl adjacent to an activating group) is 1. The molecule has 0 heterocycles. The van der Waals surface area contributed by atoms with E-state index in [4.69, 9.17) is 10.5 Å². The van der Waals surface area contributed by atoms with E-state index in [1.165, 1.54) is 4.90 Å². The van der Waals surface area contributed by atoms with E-state index in [2.05, 4.69) is 5.32 Å². The highest BCUT2D eigenvalue weighted by Gasteiger charge is 2.24. The third-order valence-corrected chi connectivity index (χ3v) is 3.02. The van der Waals surface area contributed by atoms with Gasteiger partial charge < -0.3 is 20.7 Å². The van der Waals surface area contributed by atoms with Gasteiger partial charge in [-0.3, -0.25) is 9.59 Å². The summed E-state index contributed by atoms with van der Waals surface area (Å²) in [4.78, 5) is 24.8. The Morgan fingerprint density at radius 2 is 2.10 bits per heavy atom. The van der Waals surface area contributed by atoms with E-state index < -0.39 is 0 Å². The van der Waals surface area contributed by atoms with Gasteiger partial charge in [-0.25, -0.2) is 0 Å². The van der Waals surface area contributed by atoms with Crippen LogP contribution in [-0.2, 0) is 9.59 Å². The molecule has 1 aromatic rings. The fourth-order valence-corrected chi connectivity index (χ4v) is 1.67. The number of nitrogens with one attached hydrogen (secondary N) is 1. The normalized spacial score (nSPS) is 13.7. The molecule has 2 rings (SSSR count). The van der Waals surface area contributed by atoms with Crippen molar-refractivity contribution in [3.63, 3.8) is 0 Å². The number of rotatable bonds is 6. The van der Waals surface area contributed by atoms with E-state index in [1.807, 2.05) is 0 Å². The van der Waals surface area contributed by atoms with Gasteiger partial charge in [0.2, 0.25) is 5.91 Å². The number of nitrogens with zero attached hydrogens (tertiary/aromatic N) is 1. The fraction of sp³-hybridized carbons (Fsp3) is 0.429. The molecule has 0 spiro atoms. The molecule has 1 aromatic carbocycles. The van der Waals surface area contributed by atoms with E-state index in [-0.39, 0.29) is 25.0 Å². The van der Waals surface area contributed by atoms with E-state index >= 15 is 0 Å². The monoisotopic (exact) mass is 277 g/mol. The first-order valence-electron chi connectivity index (χ1n) is 6.57. The number of hydrogen-bond donors (Lipinski definition) is 2. The number of nitrogens with two attached hydrogens (primary N) is 1. The van der Waals surface area contributed by atoms with Crippen LogP contribution in [0, 0.1) is 0 Å². The Morgan fingerprint density at radius 1 is 1.40 bits per heavy atom. The molecule has 6 heteroatoms. The maximum atomic E-state index is 11.8. The minimum atomic E-state index is -0.265. The van der Waals surface area contributed by atoms with Crippen LogP contribution in [-0.4, -0.2) is 43.0 Å². The van der Waals surface area contributed by atoms with Crippen LogP contribution in [0.1, 0.15) is 12.8 Å². The van der Waals surface area contributed by atoms with Crippen LogP contribution in [0.25, 0.3) is 0 Å². The zero-order chi connectivity index (χ0) is 14.5. The van der Waals surface area contributed by atoms with Gasteiger partial charge in [0.1, 0.15) is 5.75 Å². The average Bonchev–Trinajstić information content (AvgIpc) is 3.21. The molecule has 1 fully saturated rings. The van der Waals surface area contributed by atoms with Crippen LogP contribution < -0.4 is 15.8 Å². The van der Waals surface area contributed by atoms with Gasteiger partial charge in [-0.1, -0.05) is 12.1 Å². The standard InChI is InChI=1S/C14H19N3O3/c1-17(8-13(18)16-10-6-7-10)14(19)9-20-12-5-3-2-4-11(12)15/h2-5,10H,6-9,15H2,1H3,(H,16,18). The van der Waals surface area contributed by atoms with Gasteiger partial charge in [-0.05, 0) is 25.0 Å². The minimum Gasteiger partial charge on any atom is -0.482 e. The van der Waals surface area contributed by atoms with Crippen LogP contribution in [0.4, 0.5) is 5.69 Å². The Bertz CT molecular complexity index is 500. The van der Waals surface area contributed by atoms with Crippen molar-refractivity contribution in [3.8, 4) is 5.75 Å². The van der Waals surface area contributed by atoms with Gasteiger partial charge in [0, 0.05) is 13.1 Å². The average molecular weight is 277 g/mol. The molecule has 0 radical (unpaired) electrons. The number of para-hydroxylation sites is 2. The van der Waals surface area contributed by atoms with Crippen molar-refractivity contribution in [2.75, 3.05) is 25.9 Å². The van der Waals surface area contributed by atoms with Crippen molar-refractivity contribution in [3.05, 3.63) is 24.3 Å². The molecule has 0 saturated heterocycles. The zero-order valence-electron chi connectivity index (χ0n) is 11.5. The fourth-order valence-electron chi connectivity index (χ4n) is 1.67. The number of amides is 2. The van der Waals surface area contributed by atoms with Gasteiger partial charge in [-0.15, -0.1) is 0 Å². The zero-order valence-corrected chi connectivity index (χ0v) is 11.5. The van der Waals surface area contributed by atoms with E-state index in [9.17, 15) is 9.59 Å². The first-order valence-corrected chi connectivity index (χ1v) is 6.57. The summed E-state index contributed by atoms with van der Waals surface area (Å²) in [5.74, 6) is 0.0680. The van der Waals surface area contributed by atoms with Crippen LogP contribution in [0.15, 0.2) is 24.3 Å². The lowest BCUT2D eigenvalue weighted by molar-refractivity contribution is -0.136. The van der Waals surface area contributed by atoms with Crippen molar-refractivity contribution in [1.82, 2.24) is 10.2 Å². The van der Waals surface area contributed by atoms with Gasteiger partial charge in [0.15, 0.2) is 6.61 Å². The van der Waals surface area contributed by atoms with Crippen molar-refractivity contribution in [2.45, 2.75) is 18.9 Å². The maximum Gasteiger partial charge on any atom is 0.260 e. The highest BCUT2D eigenvalue weighted by molar-refractivity contribution is 5.85. The first kappa shape index (κ1) is 14.2. The summed E-state index contributed by atoms with van der Waals surface area (Å²) in [7, 11) is 1.58. The number of hydrogen-bond acceptors (Lipinski definition) is 4.